The highest BCUT2D eigenvalue weighted by molar-refractivity contribution is 7.86. The van der Waals surface area contributed by atoms with Gasteiger partial charge in [-0.05, 0) is 6.07 Å². The lowest BCUT2D eigenvalue weighted by Gasteiger charge is -2.07. The Balaban J connectivity index is 3.04. The van der Waals surface area contributed by atoms with Crippen LogP contribution in [0.2, 0.25) is 0 Å². The van der Waals surface area contributed by atoms with Gasteiger partial charge in [0.05, 0.1) is 6.26 Å². The molecule has 0 aliphatic heterocycles. The Morgan fingerprint density at radius 1 is 1.33 bits per heavy atom. The minimum Gasteiger partial charge on any atom is -0.362 e. The Labute approximate surface area is 83.8 Å². The smallest absolute Gasteiger partial charge is 0.362 e. The Hall–Kier alpha value is -1.31. The van der Waals surface area contributed by atoms with E-state index >= 15 is 0 Å². The molecule has 0 saturated heterocycles. The SMILES string of the molecule is CS(=O)(=O)Oc1cccc(C(F)(F)F)n1. The van der Waals surface area contributed by atoms with Crippen LogP contribution in [0.3, 0.4) is 0 Å². The molecule has 0 aliphatic rings. The fraction of sp³-hybridized carbons (Fsp3) is 0.286. The first-order valence-corrected chi connectivity index (χ1v) is 5.44. The first kappa shape index (κ1) is 11.8. The van der Waals surface area contributed by atoms with E-state index in [4.69, 9.17) is 0 Å². The third-order valence-electron chi connectivity index (χ3n) is 1.25. The van der Waals surface area contributed by atoms with Gasteiger partial charge in [0.25, 0.3) is 0 Å². The van der Waals surface area contributed by atoms with Gasteiger partial charge < -0.3 is 4.18 Å². The number of hydrogen-bond acceptors (Lipinski definition) is 4. The Bertz CT molecular complexity index is 455. The average Bonchev–Trinajstić information content (AvgIpc) is 1.99. The Morgan fingerprint density at radius 3 is 2.40 bits per heavy atom. The average molecular weight is 241 g/mol. The first-order valence-electron chi connectivity index (χ1n) is 3.62. The fourth-order valence-corrected chi connectivity index (χ4v) is 1.18. The predicted molar refractivity (Wildman–Crippen MR) is 44.7 cm³/mol. The van der Waals surface area contributed by atoms with Gasteiger partial charge in [0, 0.05) is 6.07 Å². The number of aromatic nitrogens is 1. The molecule has 0 bridgehead atoms. The summed E-state index contributed by atoms with van der Waals surface area (Å²) in [7, 11) is -3.87. The molecule has 0 fully saturated rings. The number of nitrogens with zero attached hydrogens (tertiary/aromatic N) is 1. The van der Waals surface area contributed by atoms with Crippen LogP contribution in [0.5, 0.6) is 5.88 Å². The highest BCUT2D eigenvalue weighted by Gasteiger charge is 2.32. The van der Waals surface area contributed by atoms with Gasteiger partial charge in [-0.15, -0.1) is 0 Å². The monoisotopic (exact) mass is 241 g/mol. The second-order valence-electron chi connectivity index (χ2n) is 2.65. The molecule has 4 nitrogen and oxygen atoms in total. The molecule has 1 rings (SSSR count). The highest BCUT2D eigenvalue weighted by atomic mass is 32.2. The van der Waals surface area contributed by atoms with Crippen molar-refractivity contribution in [3.8, 4) is 5.88 Å². The third kappa shape index (κ3) is 3.74. The van der Waals surface area contributed by atoms with Crippen molar-refractivity contribution in [1.82, 2.24) is 4.98 Å². The Morgan fingerprint density at radius 2 is 1.93 bits per heavy atom. The van der Waals surface area contributed by atoms with Crippen LogP contribution in [0.15, 0.2) is 18.2 Å². The first-order chi connectivity index (χ1) is 6.68. The van der Waals surface area contributed by atoms with E-state index in [-0.39, 0.29) is 0 Å². The van der Waals surface area contributed by atoms with Gasteiger partial charge in [-0.1, -0.05) is 6.07 Å². The van der Waals surface area contributed by atoms with Gasteiger partial charge in [-0.3, -0.25) is 0 Å². The van der Waals surface area contributed by atoms with Crippen molar-refractivity contribution in [2.75, 3.05) is 6.26 Å². The van der Waals surface area contributed by atoms with Crippen molar-refractivity contribution in [3.05, 3.63) is 23.9 Å². The molecular formula is C7H6F3NO3S. The highest BCUT2D eigenvalue weighted by Crippen LogP contribution is 2.28. The van der Waals surface area contributed by atoms with Crippen LogP contribution in [0.4, 0.5) is 13.2 Å². The zero-order valence-corrected chi connectivity index (χ0v) is 8.26. The quantitative estimate of drug-likeness (QED) is 0.735. The lowest BCUT2D eigenvalue weighted by Crippen LogP contribution is -2.11. The van der Waals surface area contributed by atoms with Crippen LogP contribution < -0.4 is 4.18 Å². The predicted octanol–water partition coefficient (Wildman–Crippen LogP) is 1.44. The van der Waals surface area contributed by atoms with Crippen molar-refractivity contribution in [2.45, 2.75) is 6.18 Å². The maximum Gasteiger partial charge on any atom is 0.433 e. The number of alkyl halides is 3. The summed E-state index contributed by atoms with van der Waals surface area (Å²) in [4.78, 5) is 3.00. The summed E-state index contributed by atoms with van der Waals surface area (Å²) < 4.78 is 61.8. The topological polar surface area (TPSA) is 56.3 Å². The van der Waals surface area contributed by atoms with Crippen LogP contribution in [0.1, 0.15) is 5.69 Å². The summed E-state index contributed by atoms with van der Waals surface area (Å²) in [5.74, 6) is -0.604. The molecular weight excluding hydrogens is 235 g/mol. The summed E-state index contributed by atoms with van der Waals surface area (Å²) in [6.45, 7) is 0. The zero-order chi connectivity index (χ0) is 11.7. The van der Waals surface area contributed by atoms with Gasteiger partial charge in [0.2, 0.25) is 5.88 Å². The van der Waals surface area contributed by atoms with Crippen molar-refractivity contribution in [3.63, 3.8) is 0 Å². The molecule has 0 amide bonds. The van der Waals surface area contributed by atoms with Crippen LogP contribution >= 0.6 is 0 Å². The maximum atomic E-state index is 12.1. The van der Waals surface area contributed by atoms with Crippen molar-refractivity contribution < 1.29 is 25.8 Å². The standard InChI is InChI=1S/C7H6F3NO3S/c1-15(12,13)14-6-4-2-3-5(11-6)7(8,9)10/h2-4H,1H3. The summed E-state index contributed by atoms with van der Waals surface area (Å²) in [6, 6.07) is 2.75. The zero-order valence-electron chi connectivity index (χ0n) is 7.45. The molecule has 0 spiro atoms. The van der Waals surface area contributed by atoms with E-state index in [0.717, 1.165) is 24.5 Å². The molecule has 84 valence electrons. The molecule has 0 aromatic carbocycles. The molecule has 1 heterocycles. The number of rotatable bonds is 2. The van der Waals surface area contributed by atoms with Crippen LogP contribution in [-0.4, -0.2) is 19.7 Å². The van der Waals surface area contributed by atoms with Gasteiger partial charge in [0.15, 0.2) is 0 Å². The van der Waals surface area contributed by atoms with E-state index in [2.05, 4.69) is 9.17 Å². The molecule has 1 aromatic rings. The second-order valence-corrected chi connectivity index (χ2v) is 4.22. The van der Waals surface area contributed by atoms with E-state index in [0.29, 0.717) is 0 Å². The van der Waals surface area contributed by atoms with E-state index in [1.54, 1.807) is 0 Å². The van der Waals surface area contributed by atoms with E-state index in [1.165, 1.54) is 0 Å². The normalized spacial score (nSPS) is 12.5. The van der Waals surface area contributed by atoms with Crippen LogP contribution in [0, 0.1) is 0 Å². The van der Waals surface area contributed by atoms with Gasteiger partial charge in [-0.25, -0.2) is 4.98 Å². The largest absolute Gasteiger partial charge is 0.433 e. The van der Waals surface area contributed by atoms with Gasteiger partial charge in [0.1, 0.15) is 5.69 Å². The number of halogens is 3. The molecule has 0 saturated carbocycles. The summed E-state index contributed by atoms with van der Waals surface area (Å²) in [5, 5.41) is 0. The molecule has 0 aliphatic carbocycles. The van der Waals surface area contributed by atoms with Crippen molar-refractivity contribution in [2.24, 2.45) is 0 Å². The maximum absolute atomic E-state index is 12.1. The fourth-order valence-electron chi connectivity index (χ4n) is 0.774. The molecule has 0 unspecified atom stereocenters. The van der Waals surface area contributed by atoms with E-state index in [1.807, 2.05) is 0 Å². The number of hydrogen-bond donors (Lipinski definition) is 0. The minimum atomic E-state index is -4.63. The molecule has 15 heavy (non-hydrogen) atoms. The summed E-state index contributed by atoms with van der Waals surface area (Å²) >= 11 is 0. The Kier molecular flexibility index (Phi) is 2.89. The lowest BCUT2D eigenvalue weighted by atomic mass is 10.3. The van der Waals surface area contributed by atoms with Crippen molar-refractivity contribution in [1.29, 1.82) is 0 Å². The van der Waals surface area contributed by atoms with Crippen LogP contribution in [-0.2, 0) is 16.3 Å². The summed E-state index contributed by atoms with van der Waals surface area (Å²) in [6.07, 6.45) is -3.91. The molecule has 8 heteroatoms. The summed E-state index contributed by atoms with van der Waals surface area (Å²) in [5.41, 5.74) is -1.20. The van der Waals surface area contributed by atoms with Gasteiger partial charge in [-0.2, -0.15) is 21.6 Å². The van der Waals surface area contributed by atoms with E-state index in [9.17, 15) is 21.6 Å². The molecule has 0 atom stereocenters. The van der Waals surface area contributed by atoms with Crippen LogP contribution in [0.25, 0.3) is 0 Å². The minimum absolute atomic E-state index is 0.604. The number of pyridine rings is 1. The molecule has 0 N–H and O–H groups in total. The molecule has 1 aromatic heterocycles. The third-order valence-corrected chi connectivity index (χ3v) is 1.72. The second kappa shape index (κ2) is 3.69. The van der Waals surface area contributed by atoms with E-state index < -0.39 is 27.9 Å². The lowest BCUT2D eigenvalue weighted by molar-refractivity contribution is -0.141. The van der Waals surface area contributed by atoms with Crippen molar-refractivity contribution >= 4 is 10.1 Å². The van der Waals surface area contributed by atoms with Gasteiger partial charge >= 0.3 is 16.3 Å². The molecule has 0 radical (unpaired) electrons.